The molecule has 0 spiro atoms. The SMILES string of the molecule is CCOC(=O)C(=O)N(Cc1ccccc1)Cc1cccc(C(F)(F)F)n1. The second-order valence-corrected chi connectivity index (χ2v) is 5.38. The fourth-order valence-electron chi connectivity index (χ4n) is 2.25. The molecule has 0 fully saturated rings. The van der Waals surface area contributed by atoms with Crippen LogP contribution < -0.4 is 0 Å². The molecule has 0 aliphatic rings. The number of rotatable bonds is 5. The largest absolute Gasteiger partial charge is 0.459 e. The lowest BCUT2D eigenvalue weighted by atomic mass is 10.2. The van der Waals surface area contributed by atoms with Crippen LogP contribution in [0, 0.1) is 0 Å². The van der Waals surface area contributed by atoms with Crippen LogP contribution in [0.5, 0.6) is 0 Å². The van der Waals surface area contributed by atoms with Crippen molar-refractivity contribution in [2.45, 2.75) is 26.2 Å². The zero-order chi connectivity index (χ0) is 19.2. The van der Waals surface area contributed by atoms with Crippen molar-refractivity contribution in [3.63, 3.8) is 0 Å². The molecule has 0 atom stereocenters. The van der Waals surface area contributed by atoms with Gasteiger partial charge in [0.2, 0.25) is 0 Å². The molecule has 0 aliphatic carbocycles. The van der Waals surface area contributed by atoms with Gasteiger partial charge in [0.25, 0.3) is 0 Å². The van der Waals surface area contributed by atoms with Crippen molar-refractivity contribution in [3.05, 3.63) is 65.5 Å². The highest BCUT2D eigenvalue weighted by Crippen LogP contribution is 2.27. The number of carbonyl (C=O) groups is 2. The van der Waals surface area contributed by atoms with Crippen LogP contribution in [0.1, 0.15) is 23.9 Å². The molecule has 2 aromatic rings. The summed E-state index contributed by atoms with van der Waals surface area (Å²) in [6.07, 6.45) is -4.59. The van der Waals surface area contributed by atoms with Gasteiger partial charge in [-0.2, -0.15) is 13.2 Å². The van der Waals surface area contributed by atoms with Gasteiger partial charge in [0.15, 0.2) is 0 Å². The van der Waals surface area contributed by atoms with Crippen LogP contribution in [0.2, 0.25) is 0 Å². The summed E-state index contributed by atoms with van der Waals surface area (Å²) in [6, 6.07) is 12.2. The summed E-state index contributed by atoms with van der Waals surface area (Å²) in [5.74, 6) is -2.00. The van der Waals surface area contributed by atoms with Crippen LogP contribution in [0.4, 0.5) is 13.2 Å². The Kier molecular flexibility index (Phi) is 6.32. The second-order valence-electron chi connectivity index (χ2n) is 5.38. The van der Waals surface area contributed by atoms with E-state index in [1.54, 1.807) is 37.3 Å². The molecule has 26 heavy (non-hydrogen) atoms. The number of esters is 1. The second kappa shape index (κ2) is 8.46. The van der Waals surface area contributed by atoms with Crippen molar-refractivity contribution in [2.75, 3.05) is 6.61 Å². The Labute approximate surface area is 148 Å². The van der Waals surface area contributed by atoms with E-state index in [1.807, 2.05) is 0 Å². The zero-order valence-corrected chi connectivity index (χ0v) is 14.0. The van der Waals surface area contributed by atoms with Gasteiger partial charge < -0.3 is 9.64 Å². The van der Waals surface area contributed by atoms with Crippen LogP contribution in [-0.2, 0) is 33.6 Å². The normalized spacial score (nSPS) is 11.1. The van der Waals surface area contributed by atoms with Gasteiger partial charge in [0.05, 0.1) is 18.8 Å². The minimum Gasteiger partial charge on any atom is -0.459 e. The van der Waals surface area contributed by atoms with E-state index < -0.39 is 23.7 Å². The minimum atomic E-state index is -4.59. The quantitative estimate of drug-likeness (QED) is 0.602. The predicted octanol–water partition coefficient (Wildman–Crippen LogP) is 3.19. The Morgan fingerprint density at radius 2 is 1.73 bits per heavy atom. The molecule has 1 heterocycles. The fourth-order valence-corrected chi connectivity index (χ4v) is 2.25. The zero-order valence-electron chi connectivity index (χ0n) is 14.0. The standard InChI is InChI=1S/C18H17F3N2O3/c1-2-26-17(25)16(24)23(11-13-7-4-3-5-8-13)12-14-9-6-10-15(22-14)18(19,20)21/h3-10H,2,11-12H2,1H3. The van der Waals surface area contributed by atoms with Gasteiger partial charge in [-0.15, -0.1) is 0 Å². The van der Waals surface area contributed by atoms with Crippen molar-refractivity contribution < 1.29 is 27.5 Å². The number of nitrogens with zero attached hydrogens (tertiary/aromatic N) is 2. The van der Waals surface area contributed by atoms with E-state index in [2.05, 4.69) is 4.98 Å². The van der Waals surface area contributed by atoms with Crippen molar-refractivity contribution in [1.82, 2.24) is 9.88 Å². The molecular weight excluding hydrogens is 349 g/mol. The van der Waals surface area contributed by atoms with Crippen LogP contribution >= 0.6 is 0 Å². The lowest BCUT2D eigenvalue weighted by Gasteiger charge is -2.22. The number of alkyl halides is 3. The maximum atomic E-state index is 12.8. The molecule has 1 amide bonds. The molecule has 0 saturated heterocycles. The van der Waals surface area contributed by atoms with Crippen molar-refractivity contribution >= 4 is 11.9 Å². The molecule has 0 bridgehead atoms. The van der Waals surface area contributed by atoms with E-state index in [9.17, 15) is 22.8 Å². The summed E-state index contributed by atoms with van der Waals surface area (Å²) < 4.78 is 43.2. The third-order valence-corrected chi connectivity index (χ3v) is 3.40. The first kappa shape index (κ1) is 19.4. The number of carbonyl (C=O) groups excluding carboxylic acids is 2. The maximum absolute atomic E-state index is 12.8. The molecule has 0 N–H and O–H groups in total. The van der Waals surface area contributed by atoms with Gasteiger partial charge in [-0.05, 0) is 24.6 Å². The van der Waals surface area contributed by atoms with E-state index >= 15 is 0 Å². The highest BCUT2D eigenvalue weighted by molar-refractivity contribution is 6.32. The molecule has 138 valence electrons. The van der Waals surface area contributed by atoms with E-state index in [0.717, 1.165) is 16.5 Å². The summed E-state index contributed by atoms with van der Waals surface area (Å²) >= 11 is 0. The van der Waals surface area contributed by atoms with Gasteiger partial charge in [0, 0.05) is 6.54 Å². The first-order valence-electron chi connectivity index (χ1n) is 7.84. The van der Waals surface area contributed by atoms with Crippen LogP contribution in [0.3, 0.4) is 0 Å². The number of benzene rings is 1. The number of ether oxygens (including phenoxy) is 1. The van der Waals surface area contributed by atoms with Gasteiger partial charge in [-0.1, -0.05) is 36.4 Å². The molecule has 5 nitrogen and oxygen atoms in total. The van der Waals surface area contributed by atoms with Gasteiger partial charge in [-0.3, -0.25) is 4.79 Å². The Morgan fingerprint density at radius 1 is 1.04 bits per heavy atom. The summed E-state index contributed by atoms with van der Waals surface area (Å²) in [5, 5.41) is 0. The Bertz CT molecular complexity index is 764. The number of hydrogen-bond acceptors (Lipinski definition) is 4. The molecule has 1 aromatic carbocycles. The van der Waals surface area contributed by atoms with E-state index in [4.69, 9.17) is 4.74 Å². The molecule has 0 saturated carbocycles. The topological polar surface area (TPSA) is 59.5 Å². The monoisotopic (exact) mass is 366 g/mol. The maximum Gasteiger partial charge on any atom is 0.433 e. The van der Waals surface area contributed by atoms with Gasteiger partial charge >= 0.3 is 18.1 Å². The molecule has 0 unspecified atom stereocenters. The first-order valence-corrected chi connectivity index (χ1v) is 7.84. The van der Waals surface area contributed by atoms with E-state index in [0.29, 0.717) is 0 Å². The lowest BCUT2D eigenvalue weighted by molar-refractivity contribution is -0.160. The Balaban J connectivity index is 2.26. The fraction of sp³-hybridized carbons (Fsp3) is 0.278. The summed E-state index contributed by atoms with van der Waals surface area (Å²) in [4.78, 5) is 28.8. The molecule has 0 aliphatic heterocycles. The number of halogens is 3. The third-order valence-electron chi connectivity index (χ3n) is 3.40. The van der Waals surface area contributed by atoms with Crippen LogP contribution in [0.25, 0.3) is 0 Å². The van der Waals surface area contributed by atoms with Crippen LogP contribution in [-0.4, -0.2) is 28.4 Å². The number of aromatic nitrogens is 1. The molecule has 1 aromatic heterocycles. The summed E-state index contributed by atoms with van der Waals surface area (Å²) in [5.41, 5.74) is -0.316. The average molecular weight is 366 g/mol. The summed E-state index contributed by atoms with van der Waals surface area (Å²) in [6.45, 7) is 1.36. The third kappa shape index (κ3) is 5.30. The van der Waals surface area contributed by atoms with Gasteiger partial charge in [-0.25, -0.2) is 9.78 Å². The number of hydrogen-bond donors (Lipinski definition) is 0. The number of pyridine rings is 1. The number of amides is 1. The van der Waals surface area contributed by atoms with Crippen molar-refractivity contribution in [3.8, 4) is 0 Å². The molecule has 0 radical (unpaired) electrons. The van der Waals surface area contributed by atoms with Crippen molar-refractivity contribution in [1.29, 1.82) is 0 Å². The Morgan fingerprint density at radius 3 is 2.35 bits per heavy atom. The van der Waals surface area contributed by atoms with E-state index in [1.165, 1.54) is 12.1 Å². The summed E-state index contributed by atoms with van der Waals surface area (Å²) in [7, 11) is 0. The highest BCUT2D eigenvalue weighted by atomic mass is 19.4. The van der Waals surface area contributed by atoms with Crippen LogP contribution in [0.15, 0.2) is 48.5 Å². The van der Waals surface area contributed by atoms with Crippen molar-refractivity contribution in [2.24, 2.45) is 0 Å². The Hall–Kier alpha value is -2.90. The smallest absolute Gasteiger partial charge is 0.433 e. The molecular formula is C18H17F3N2O3. The first-order chi connectivity index (χ1) is 12.3. The van der Waals surface area contributed by atoms with Gasteiger partial charge in [0.1, 0.15) is 5.69 Å². The molecule has 8 heteroatoms. The minimum absolute atomic E-state index is 0.0194. The van der Waals surface area contributed by atoms with E-state index in [-0.39, 0.29) is 25.4 Å². The lowest BCUT2D eigenvalue weighted by Crippen LogP contribution is -2.37. The molecule has 2 rings (SSSR count). The average Bonchev–Trinajstić information content (AvgIpc) is 2.61. The predicted molar refractivity (Wildman–Crippen MR) is 86.6 cm³/mol. The highest BCUT2D eigenvalue weighted by Gasteiger charge is 2.33.